The summed E-state index contributed by atoms with van der Waals surface area (Å²) in [6, 6.07) is 14.4. The Morgan fingerprint density at radius 3 is 2.69 bits per heavy atom. The summed E-state index contributed by atoms with van der Waals surface area (Å²) in [5, 5.41) is 11.3. The van der Waals surface area contributed by atoms with Crippen molar-refractivity contribution in [3.63, 3.8) is 0 Å². The molecule has 1 aliphatic rings. The molecule has 0 radical (unpaired) electrons. The fourth-order valence-electron chi connectivity index (χ4n) is 3.62. The van der Waals surface area contributed by atoms with Gasteiger partial charge in [0.1, 0.15) is 0 Å². The van der Waals surface area contributed by atoms with Crippen molar-refractivity contribution in [3.8, 4) is 0 Å². The molecule has 162 valence electrons. The standard InChI is InChI=1S/C23H19N3O5S/c1-3-31-22(28)19-14(2)24-23-25(20(19)16-10-7-11-17(13-16)26(29)30)21(27)18(32-23)12-15-8-5-4-6-9-15/h4-13,20H,3H2,1-2H3. The number of esters is 1. The Balaban J connectivity index is 1.98. The number of hydrogen-bond acceptors (Lipinski definition) is 7. The van der Waals surface area contributed by atoms with Crippen LogP contribution in [0.3, 0.4) is 0 Å². The molecule has 0 saturated carbocycles. The number of benzene rings is 2. The third-order valence-electron chi connectivity index (χ3n) is 5.01. The lowest BCUT2D eigenvalue weighted by Gasteiger charge is -2.24. The molecule has 0 amide bonds. The van der Waals surface area contributed by atoms with E-state index in [9.17, 15) is 19.7 Å². The maximum Gasteiger partial charge on any atom is 0.338 e. The number of nitrogens with zero attached hydrogens (tertiary/aromatic N) is 3. The van der Waals surface area contributed by atoms with Gasteiger partial charge in [0.25, 0.3) is 11.2 Å². The summed E-state index contributed by atoms with van der Waals surface area (Å²) in [6.07, 6.45) is 1.76. The molecule has 1 atom stereocenters. The molecule has 0 bridgehead atoms. The van der Waals surface area contributed by atoms with Crippen molar-refractivity contribution in [2.75, 3.05) is 6.61 Å². The van der Waals surface area contributed by atoms with Gasteiger partial charge in [-0.3, -0.25) is 19.5 Å². The van der Waals surface area contributed by atoms with Gasteiger partial charge in [-0.25, -0.2) is 9.79 Å². The van der Waals surface area contributed by atoms with Crippen molar-refractivity contribution < 1.29 is 14.5 Å². The lowest BCUT2D eigenvalue weighted by Crippen LogP contribution is -2.39. The number of hydrogen-bond donors (Lipinski definition) is 0. The second kappa shape index (κ2) is 8.72. The topological polar surface area (TPSA) is 104 Å². The second-order valence-corrected chi connectivity index (χ2v) is 8.07. The van der Waals surface area contributed by atoms with Gasteiger partial charge in [-0.05, 0) is 31.1 Å². The van der Waals surface area contributed by atoms with E-state index in [0.29, 0.717) is 20.6 Å². The lowest BCUT2D eigenvalue weighted by atomic mass is 9.95. The van der Waals surface area contributed by atoms with E-state index < -0.39 is 16.9 Å². The van der Waals surface area contributed by atoms with Crippen molar-refractivity contribution in [1.29, 1.82) is 0 Å². The normalized spacial score (nSPS) is 15.8. The third kappa shape index (κ3) is 3.90. The Hall–Kier alpha value is -3.85. The molecule has 1 aromatic heterocycles. The third-order valence-corrected chi connectivity index (χ3v) is 5.99. The highest BCUT2D eigenvalue weighted by Crippen LogP contribution is 2.32. The van der Waals surface area contributed by atoms with Gasteiger partial charge in [0.05, 0.1) is 33.4 Å². The molecule has 1 unspecified atom stereocenters. The monoisotopic (exact) mass is 449 g/mol. The van der Waals surface area contributed by atoms with Crippen molar-refractivity contribution >= 4 is 29.1 Å². The zero-order valence-corrected chi connectivity index (χ0v) is 18.2. The van der Waals surface area contributed by atoms with Gasteiger partial charge in [-0.15, -0.1) is 0 Å². The molecule has 32 heavy (non-hydrogen) atoms. The van der Waals surface area contributed by atoms with E-state index in [0.717, 1.165) is 5.56 Å². The number of rotatable bonds is 5. The van der Waals surface area contributed by atoms with E-state index in [1.165, 1.54) is 34.1 Å². The van der Waals surface area contributed by atoms with Crippen molar-refractivity contribution in [2.24, 2.45) is 4.99 Å². The van der Waals surface area contributed by atoms with Gasteiger partial charge < -0.3 is 4.74 Å². The van der Waals surface area contributed by atoms with Gasteiger partial charge >= 0.3 is 5.97 Å². The Morgan fingerprint density at radius 2 is 2.00 bits per heavy atom. The molecular formula is C23H19N3O5S. The first-order valence-electron chi connectivity index (χ1n) is 9.89. The number of non-ortho nitro benzene ring substituents is 1. The molecule has 0 spiro atoms. The van der Waals surface area contributed by atoms with Crippen LogP contribution in [0.5, 0.6) is 0 Å². The lowest BCUT2D eigenvalue weighted by molar-refractivity contribution is -0.384. The van der Waals surface area contributed by atoms with Crippen LogP contribution in [0.2, 0.25) is 0 Å². The van der Waals surface area contributed by atoms with Crippen LogP contribution in [0.4, 0.5) is 5.69 Å². The van der Waals surface area contributed by atoms with Crippen LogP contribution in [-0.2, 0) is 9.53 Å². The predicted octanol–water partition coefficient (Wildman–Crippen LogP) is 2.71. The predicted molar refractivity (Wildman–Crippen MR) is 120 cm³/mol. The van der Waals surface area contributed by atoms with Crippen LogP contribution in [0.15, 0.2) is 75.7 Å². The number of allylic oxidation sites excluding steroid dienone is 1. The molecule has 4 rings (SSSR count). The van der Waals surface area contributed by atoms with E-state index in [2.05, 4.69) is 4.99 Å². The average molecular weight is 449 g/mol. The van der Waals surface area contributed by atoms with Gasteiger partial charge in [-0.2, -0.15) is 0 Å². The highest BCUT2D eigenvalue weighted by Gasteiger charge is 2.34. The van der Waals surface area contributed by atoms with E-state index >= 15 is 0 Å². The summed E-state index contributed by atoms with van der Waals surface area (Å²) >= 11 is 1.20. The zero-order valence-electron chi connectivity index (χ0n) is 17.3. The first-order chi connectivity index (χ1) is 15.4. The molecule has 1 aliphatic heterocycles. The first-order valence-corrected chi connectivity index (χ1v) is 10.7. The quantitative estimate of drug-likeness (QED) is 0.338. The number of thiazole rings is 1. The number of ether oxygens (including phenoxy) is 1. The maximum absolute atomic E-state index is 13.4. The van der Waals surface area contributed by atoms with Crippen molar-refractivity contribution in [3.05, 3.63) is 107 Å². The summed E-state index contributed by atoms with van der Waals surface area (Å²) < 4.78 is 7.09. The Labute approximate surface area is 186 Å². The van der Waals surface area contributed by atoms with Crippen LogP contribution < -0.4 is 14.9 Å². The Bertz CT molecular complexity index is 1420. The minimum atomic E-state index is -0.886. The maximum atomic E-state index is 13.4. The largest absolute Gasteiger partial charge is 0.463 e. The number of nitro benzene ring substituents is 1. The van der Waals surface area contributed by atoms with Crippen LogP contribution in [0.25, 0.3) is 6.08 Å². The molecule has 2 aromatic carbocycles. The Kier molecular flexibility index (Phi) is 5.83. The number of nitro groups is 1. The van der Waals surface area contributed by atoms with Crippen molar-refractivity contribution in [2.45, 2.75) is 19.9 Å². The molecule has 9 heteroatoms. The fraction of sp³-hybridized carbons (Fsp3) is 0.174. The van der Waals surface area contributed by atoms with Crippen LogP contribution in [0.1, 0.15) is 31.0 Å². The molecule has 0 fully saturated rings. The van der Waals surface area contributed by atoms with Gasteiger partial charge in [0, 0.05) is 12.1 Å². The van der Waals surface area contributed by atoms with Crippen LogP contribution >= 0.6 is 11.3 Å². The number of aromatic nitrogens is 1. The molecule has 0 saturated heterocycles. The van der Waals surface area contributed by atoms with Gasteiger partial charge in [0.2, 0.25) is 0 Å². The zero-order chi connectivity index (χ0) is 22.8. The van der Waals surface area contributed by atoms with E-state index in [-0.39, 0.29) is 23.4 Å². The molecular weight excluding hydrogens is 430 g/mol. The minimum absolute atomic E-state index is 0.133. The smallest absolute Gasteiger partial charge is 0.338 e. The first kappa shape index (κ1) is 21.4. The SMILES string of the molecule is CCOC(=O)C1=C(C)N=c2sc(=Cc3ccccc3)c(=O)n2C1c1cccc([N+](=O)[O-])c1. The van der Waals surface area contributed by atoms with Crippen LogP contribution in [0, 0.1) is 10.1 Å². The summed E-state index contributed by atoms with van der Waals surface area (Å²) in [5.41, 5.74) is 1.42. The van der Waals surface area contributed by atoms with E-state index in [4.69, 9.17) is 4.74 Å². The van der Waals surface area contributed by atoms with Crippen molar-refractivity contribution in [1.82, 2.24) is 4.57 Å². The van der Waals surface area contributed by atoms with Gasteiger partial charge in [0.15, 0.2) is 4.80 Å². The molecule has 0 N–H and O–H groups in total. The second-order valence-electron chi connectivity index (χ2n) is 7.07. The van der Waals surface area contributed by atoms with Crippen LogP contribution in [-0.4, -0.2) is 22.1 Å². The molecule has 8 nitrogen and oxygen atoms in total. The number of fused-ring (bicyclic) bond motifs is 1. The summed E-state index contributed by atoms with van der Waals surface area (Å²) in [7, 11) is 0. The summed E-state index contributed by atoms with van der Waals surface area (Å²) in [5.74, 6) is -0.609. The molecule has 0 aliphatic carbocycles. The highest BCUT2D eigenvalue weighted by molar-refractivity contribution is 7.07. The Morgan fingerprint density at radius 1 is 1.25 bits per heavy atom. The van der Waals surface area contributed by atoms with E-state index in [1.54, 1.807) is 26.0 Å². The number of carbonyl (C=O) groups excluding carboxylic acids is 1. The van der Waals surface area contributed by atoms with E-state index in [1.807, 2.05) is 30.3 Å². The summed E-state index contributed by atoms with van der Waals surface area (Å²) in [6.45, 7) is 3.51. The minimum Gasteiger partial charge on any atom is -0.463 e. The fourth-order valence-corrected chi connectivity index (χ4v) is 4.66. The van der Waals surface area contributed by atoms with Gasteiger partial charge in [-0.1, -0.05) is 53.8 Å². The molecule has 3 aromatic rings. The molecule has 2 heterocycles. The summed E-state index contributed by atoms with van der Waals surface area (Å²) in [4.78, 5) is 42.0. The number of carbonyl (C=O) groups is 1. The average Bonchev–Trinajstić information content (AvgIpc) is 3.08. The highest BCUT2D eigenvalue weighted by atomic mass is 32.1.